The van der Waals surface area contributed by atoms with Crippen LogP contribution < -0.4 is 4.74 Å². The van der Waals surface area contributed by atoms with Crippen LogP contribution in [0.15, 0.2) is 24.3 Å². The number of aliphatic hydroxyl groups is 1. The Kier molecular flexibility index (Phi) is 3.69. The van der Waals surface area contributed by atoms with Gasteiger partial charge in [0.2, 0.25) is 0 Å². The normalized spacial score (nSPS) is 17.2. The van der Waals surface area contributed by atoms with E-state index in [0.29, 0.717) is 6.61 Å². The minimum atomic E-state index is 0.188. The van der Waals surface area contributed by atoms with Gasteiger partial charge in [-0.2, -0.15) is 0 Å². The zero-order chi connectivity index (χ0) is 12.3. The highest BCUT2D eigenvalue weighted by molar-refractivity contribution is 5.28. The van der Waals surface area contributed by atoms with Crippen molar-refractivity contribution < 1.29 is 9.84 Å². The first-order chi connectivity index (χ1) is 8.17. The van der Waals surface area contributed by atoms with Crippen LogP contribution in [0.3, 0.4) is 0 Å². The monoisotopic (exact) mass is 235 g/mol. The molecule has 0 spiro atoms. The number of rotatable bonds is 6. The summed E-state index contributed by atoms with van der Waals surface area (Å²) < 4.78 is 5.21. The Morgan fingerprint density at radius 3 is 2.76 bits per heavy atom. The van der Waals surface area contributed by atoms with E-state index in [1.807, 2.05) is 12.1 Å². The van der Waals surface area contributed by atoms with Crippen LogP contribution in [-0.4, -0.2) is 37.3 Å². The fourth-order valence-corrected chi connectivity index (χ4v) is 2.25. The van der Waals surface area contributed by atoms with Crippen molar-refractivity contribution in [3.63, 3.8) is 0 Å². The van der Waals surface area contributed by atoms with Gasteiger partial charge >= 0.3 is 0 Å². The molecule has 17 heavy (non-hydrogen) atoms. The van der Waals surface area contributed by atoms with Crippen LogP contribution in [0.4, 0.5) is 0 Å². The minimum Gasteiger partial charge on any atom is -0.497 e. The summed E-state index contributed by atoms with van der Waals surface area (Å²) in [6, 6.07) is 8.15. The SMILES string of the molecule is COc1cccc(CN(C)CC2(CO)CC2)c1. The van der Waals surface area contributed by atoms with Crippen molar-refractivity contribution in [2.24, 2.45) is 5.41 Å². The molecule has 3 nitrogen and oxygen atoms in total. The number of aliphatic hydroxyl groups excluding tert-OH is 1. The summed E-state index contributed by atoms with van der Waals surface area (Å²) in [5.41, 5.74) is 1.44. The Bertz CT molecular complexity index is 374. The molecule has 0 radical (unpaired) electrons. The Labute approximate surface area is 103 Å². The second-order valence-electron chi connectivity index (χ2n) is 5.18. The van der Waals surface area contributed by atoms with E-state index in [9.17, 15) is 5.11 Å². The van der Waals surface area contributed by atoms with Crippen molar-refractivity contribution >= 4 is 0 Å². The maximum absolute atomic E-state index is 9.31. The molecule has 2 rings (SSSR count). The minimum absolute atomic E-state index is 0.188. The molecule has 1 N–H and O–H groups in total. The van der Waals surface area contributed by atoms with Crippen LogP contribution >= 0.6 is 0 Å². The molecule has 1 aliphatic rings. The number of hydrogen-bond acceptors (Lipinski definition) is 3. The molecule has 0 amide bonds. The van der Waals surface area contributed by atoms with E-state index in [1.165, 1.54) is 5.56 Å². The zero-order valence-corrected chi connectivity index (χ0v) is 10.6. The van der Waals surface area contributed by atoms with E-state index in [-0.39, 0.29) is 5.41 Å². The average molecular weight is 235 g/mol. The third-order valence-electron chi connectivity index (χ3n) is 3.48. The van der Waals surface area contributed by atoms with Crippen LogP contribution in [-0.2, 0) is 6.54 Å². The van der Waals surface area contributed by atoms with Crippen LogP contribution in [0.2, 0.25) is 0 Å². The molecule has 1 saturated carbocycles. The van der Waals surface area contributed by atoms with Gasteiger partial charge in [0.1, 0.15) is 5.75 Å². The predicted molar refractivity (Wildman–Crippen MR) is 68.1 cm³/mol. The third kappa shape index (κ3) is 3.20. The highest BCUT2D eigenvalue weighted by Gasteiger charge is 2.42. The van der Waals surface area contributed by atoms with Crippen LogP contribution in [0, 0.1) is 5.41 Å². The first kappa shape index (κ1) is 12.4. The first-order valence-corrected chi connectivity index (χ1v) is 6.10. The largest absolute Gasteiger partial charge is 0.497 e. The number of nitrogens with zero attached hydrogens (tertiary/aromatic N) is 1. The van der Waals surface area contributed by atoms with Gasteiger partial charge in [0.25, 0.3) is 0 Å². The highest BCUT2D eigenvalue weighted by atomic mass is 16.5. The summed E-state index contributed by atoms with van der Waals surface area (Å²) in [5, 5.41) is 9.31. The number of ether oxygens (including phenoxy) is 1. The summed E-state index contributed by atoms with van der Waals surface area (Å²) in [6.45, 7) is 2.19. The average Bonchev–Trinajstić information content (AvgIpc) is 3.09. The van der Waals surface area contributed by atoms with Crippen molar-refractivity contribution in [2.75, 3.05) is 27.3 Å². The van der Waals surface area contributed by atoms with E-state index in [1.54, 1.807) is 7.11 Å². The van der Waals surface area contributed by atoms with Gasteiger partial charge < -0.3 is 14.7 Å². The van der Waals surface area contributed by atoms with E-state index < -0.39 is 0 Å². The Morgan fingerprint density at radius 1 is 1.41 bits per heavy atom. The molecule has 0 bridgehead atoms. The van der Waals surface area contributed by atoms with Crippen LogP contribution in [0.25, 0.3) is 0 Å². The Hall–Kier alpha value is -1.06. The third-order valence-corrected chi connectivity index (χ3v) is 3.48. The second-order valence-corrected chi connectivity index (χ2v) is 5.18. The fraction of sp³-hybridized carbons (Fsp3) is 0.571. The second kappa shape index (κ2) is 5.07. The van der Waals surface area contributed by atoms with Crippen molar-refractivity contribution in [3.8, 4) is 5.75 Å². The zero-order valence-electron chi connectivity index (χ0n) is 10.6. The topological polar surface area (TPSA) is 32.7 Å². The van der Waals surface area contributed by atoms with Gasteiger partial charge in [-0.1, -0.05) is 12.1 Å². The lowest BCUT2D eigenvalue weighted by Gasteiger charge is -2.22. The molecule has 3 heteroatoms. The highest BCUT2D eigenvalue weighted by Crippen LogP contribution is 2.45. The molecule has 0 aliphatic heterocycles. The van der Waals surface area contributed by atoms with Crippen molar-refractivity contribution in [1.82, 2.24) is 4.90 Å². The number of benzene rings is 1. The number of methoxy groups -OCH3 is 1. The lowest BCUT2D eigenvalue weighted by atomic mass is 10.1. The molecule has 1 aromatic rings. The molecule has 0 unspecified atom stereocenters. The van der Waals surface area contributed by atoms with E-state index in [4.69, 9.17) is 4.74 Å². The van der Waals surface area contributed by atoms with Crippen molar-refractivity contribution in [1.29, 1.82) is 0 Å². The van der Waals surface area contributed by atoms with Gasteiger partial charge in [0, 0.05) is 25.1 Å². The summed E-state index contributed by atoms with van der Waals surface area (Å²) >= 11 is 0. The standard InChI is InChI=1S/C14H21NO2/c1-15(10-14(11-16)6-7-14)9-12-4-3-5-13(8-12)17-2/h3-5,8,16H,6-7,9-11H2,1-2H3. The summed E-state index contributed by atoms with van der Waals surface area (Å²) in [5.74, 6) is 0.902. The smallest absolute Gasteiger partial charge is 0.119 e. The lowest BCUT2D eigenvalue weighted by Crippen LogP contribution is -2.28. The molecular formula is C14H21NO2. The van der Waals surface area contributed by atoms with E-state index >= 15 is 0 Å². The molecule has 1 aliphatic carbocycles. The van der Waals surface area contributed by atoms with Gasteiger partial charge in [-0.05, 0) is 37.6 Å². The maximum atomic E-state index is 9.31. The molecule has 94 valence electrons. The summed E-state index contributed by atoms with van der Waals surface area (Å²) in [6.07, 6.45) is 2.32. The van der Waals surface area contributed by atoms with Gasteiger partial charge in [0.05, 0.1) is 7.11 Å². The summed E-state index contributed by atoms with van der Waals surface area (Å²) in [7, 11) is 3.79. The molecule has 0 saturated heterocycles. The molecule has 1 aromatic carbocycles. The first-order valence-electron chi connectivity index (χ1n) is 6.10. The van der Waals surface area contributed by atoms with E-state index in [0.717, 1.165) is 31.7 Å². The number of hydrogen-bond donors (Lipinski definition) is 1. The fourth-order valence-electron chi connectivity index (χ4n) is 2.25. The van der Waals surface area contributed by atoms with Gasteiger partial charge in [-0.3, -0.25) is 0 Å². The van der Waals surface area contributed by atoms with Crippen LogP contribution in [0.5, 0.6) is 5.75 Å². The molecule has 0 aromatic heterocycles. The van der Waals surface area contributed by atoms with Crippen molar-refractivity contribution in [2.45, 2.75) is 19.4 Å². The molecule has 0 atom stereocenters. The molecule has 1 fully saturated rings. The predicted octanol–water partition coefficient (Wildman–Crippen LogP) is 1.90. The lowest BCUT2D eigenvalue weighted by molar-refractivity contribution is 0.161. The van der Waals surface area contributed by atoms with Gasteiger partial charge in [-0.25, -0.2) is 0 Å². The van der Waals surface area contributed by atoms with Gasteiger partial charge in [0.15, 0.2) is 0 Å². The van der Waals surface area contributed by atoms with Gasteiger partial charge in [-0.15, -0.1) is 0 Å². The quantitative estimate of drug-likeness (QED) is 0.817. The van der Waals surface area contributed by atoms with Crippen LogP contribution in [0.1, 0.15) is 18.4 Å². The Morgan fingerprint density at radius 2 is 2.18 bits per heavy atom. The Balaban J connectivity index is 1.91. The molecule has 0 heterocycles. The van der Waals surface area contributed by atoms with Crippen molar-refractivity contribution in [3.05, 3.63) is 29.8 Å². The van der Waals surface area contributed by atoms with E-state index in [2.05, 4.69) is 24.1 Å². The summed E-state index contributed by atoms with van der Waals surface area (Å²) in [4.78, 5) is 2.28. The maximum Gasteiger partial charge on any atom is 0.119 e. The molecular weight excluding hydrogens is 214 g/mol.